The van der Waals surface area contributed by atoms with Crippen LogP contribution in [-0.4, -0.2) is 39.0 Å². The summed E-state index contributed by atoms with van der Waals surface area (Å²) in [6, 6.07) is 7.09. The average Bonchev–Trinajstić information content (AvgIpc) is 2.47. The minimum absolute atomic E-state index is 0.285. The summed E-state index contributed by atoms with van der Waals surface area (Å²) in [5, 5.41) is 11.7. The molecule has 104 valence electrons. The van der Waals surface area contributed by atoms with Gasteiger partial charge < -0.3 is 9.94 Å². The van der Waals surface area contributed by atoms with Crippen molar-refractivity contribution in [3.05, 3.63) is 36.2 Å². The van der Waals surface area contributed by atoms with Gasteiger partial charge in [0.15, 0.2) is 0 Å². The third-order valence-corrected chi connectivity index (χ3v) is 3.57. The molecule has 6 nitrogen and oxygen atoms in total. The molecule has 0 saturated heterocycles. The van der Waals surface area contributed by atoms with E-state index in [1.54, 1.807) is 24.4 Å². The number of rotatable bonds is 4. The van der Waals surface area contributed by atoms with Crippen LogP contribution in [0.5, 0.6) is 5.75 Å². The molecular formula is C13H13N3O3S. The van der Waals surface area contributed by atoms with Crippen molar-refractivity contribution < 1.29 is 14.2 Å². The fourth-order valence-corrected chi connectivity index (χ4v) is 2.58. The largest absolute Gasteiger partial charge is 0.495 e. The Labute approximate surface area is 118 Å². The molecule has 0 saturated carbocycles. The predicted octanol–water partition coefficient (Wildman–Crippen LogP) is 1.70. The standard InChI is InChI=1S/C13H13N3O3S/c1-19-12-7-10(9-5-3-4-6-14-9)16-11(8-15-17)13(12)20(2)18/h3-8,17H,1-2H3/b15-8+/t20-/m0/s1. The van der Waals surface area contributed by atoms with Crippen LogP contribution in [0.1, 0.15) is 5.69 Å². The van der Waals surface area contributed by atoms with E-state index in [2.05, 4.69) is 15.1 Å². The highest BCUT2D eigenvalue weighted by atomic mass is 32.2. The van der Waals surface area contributed by atoms with Crippen LogP contribution in [0.25, 0.3) is 11.4 Å². The van der Waals surface area contributed by atoms with Gasteiger partial charge in [-0.15, -0.1) is 0 Å². The van der Waals surface area contributed by atoms with Gasteiger partial charge >= 0.3 is 0 Å². The first-order valence-electron chi connectivity index (χ1n) is 5.68. The minimum atomic E-state index is -1.33. The normalized spacial score (nSPS) is 12.5. The van der Waals surface area contributed by atoms with E-state index in [-0.39, 0.29) is 5.69 Å². The van der Waals surface area contributed by atoms with Crippen LogP contribution in [0.2, 0.25) is 0 Å². The van der Waals surface area contributed by atoms with Gasteiger partial charge in [0, 0.05) is 18.5 Å². The number of methoxy groups -OCH3 is 1. The monoisotopic (exact) mass is 291 g/mol. The lowest BCUT2D eigenvalue weighted by Gasteiger charge is -2.11. The fourth-order valence-electron chi connectivity index (χ4n) is 1.76. The fraction of sp³-hybridized carbons (Fsp3) is 0.154. The maximum absolute atomic E-state index is 11.8. The Morgan fingerprint density at radius 3 is 2.75 bits per heavy atom. The lowest BCUT2D eigenvalue weighted by atomic mass is 10.2. The summed E-state index contributed by atoms with van der Waals surface area (Å²) in [4.78, 5) is 8.90. The van der Waals surface area contributed by atoms with Crippen molar-refractivity contribution in [2.45, 2.75) is 4.90 Å². The predicted molar refractivity (Wildman–Crippen MR) is 75.7 cm³/mol. The van der Waals surface area contributed by atoms with E-state index < -0.39 is 10.8 Å². The lowest BCUT2D eigenvalue weighted by Crippen LogP contribution is -2.04. The van der Waals surface area contributed by atoms with Gasteiger partial charge in [-0.1, -0.05) is 11.2 Å². The van der Waals surface area contributed by atoms with Crippen LogP contribution in [0.3, 0.4) is 0 Å². The number of ether oxygens (including phenoxy) is 1. The van der Waals surface area contributed by atoms with Crippen LogP contribution in [-0.2, 0) is 10.8 Å². The first-order valence-corrected chi connectivity index (χ1v) is 7.24. The third-order valence-electron chi connectivity index (χ3n) is 2.58. The quantitative estimate of drug-likeness (QED) is 0.526. The molecular weight excluding hydrogens is 278 g/mol. The topological polar surface area (TPSA) is 84.7 Å². The van der Waals surface area contributed by atoms with Gasteiger partial charge in [-0.3, -0.25) is 9.19 Å². The number of hydrogen-bond acceptors (Lipinski definition) is 6. The van der Waals surface area contributed by atoms with E-state index in [0.717, 1.165) is 6.21 Å². The Balaban J connectivity index is 2.68. The zero-order valence-corrected chi connectivity index (χ0v) is 11.8. The van der Waals surface area contributed by atoms with Crippen molar-refractivity contribution in [3.8, 4) is 17.1 Å². The first kappa shape index (κ1) is 14.1. The van der Waals surface area contributed by atoms with Crippen molar-refractivity contribution >= 4 is 17.0 Å². The van der Waals surface area contributed by atoms with Crippen molar-refractivity contribution in [3.63, 3.8) is 0 Å². The third kappa shape index (κ3) is 2.83. The summed E-state index contributed by atoms with van der Waals surface area (Å²) < 4.78 is 17.1. The van der Waals surface area contributed by atoms with Crippen LogP contribution < -0.4 is 4.74 Å². The molecule has 0 aliphatic carbocycles. The smallest absolute Gasteiger partial charge is 0.139 e. The highest BCUT2D eigenvalue weighted by molar-refractivity contribution is 7.84. The maximum Gasteiger partial charge on any atom is 0.139 e. The van der Waals surface area contributed by atoms with Crippen LogP contribution in [0.15, 0.2) is 40.5 Å². The van der Waals surface area contributed by atoms with E-state index in [1.165, 1.54) is 13.4 Å². The van der Waals surface area contributed by atoms with Crippen LogP contribution in [0.4, 0.5) is 0 Å². The van der Waals surface area contributed by atoms with Gasteiger partial charge in [-0.25, -0.2) is 4.98 Å². The van der Waals surface area contributed by atoms with Crippen molar-refractivity contribution in [2.75, 3.05) is 13.4 Å². The Morgan fingerprint density at radius 1 is 1.40 bits per heavy atom. The average molecular weight is 291 g/mol. The molecule has 0 fully saturated rings. The van der Waals surface area contributed by atoms with Gasteiger partial charge in [-0.05, 0) is 12.1 Å². The second kappa shape index (κ2) is 6.25. The molecule has 0 aliphatic heterocycles. The van der Waals surface area contributed by atoms with Crippen LogP contribution >= 0.6 is 0 Å². The highest BCUT2D eigenvalue weighted by Gasteiger charge is 2.16. The Morgan fingerprint density at radius 2 is 2.20 bits per heavy atom. The number of aromatic nitrogens is 2. The molecule has 20 heavy (non-hydrogen) atoms. The molecule has 0 spiro atoms. The zero-order chi connectivity index (χ0) is 14.5. The number of nitrogens with zero attached hydrogens (tertiary/aromatic N) is 3. The first-order chi connectivity index (χ1) is 9.67. The summed E-state index contributed by atoms with van der Waals surface area (Å²) in [7, 11) is 0.152. The van der Waals surface area contributed by atoms with Crippen molar-refractivity contribution in [2.24, 2.45) is 5.16 Å². The van der Waals surface area contributed by atoms with Crippen molar-refractivity contribution in [1.29, 1.82) is 0 Å². The number of oxime groups is 1. The number of pyridine rings is 2. The molecule has 0 unspecified atom stereocenters. The lowest BCUT2D eigenvalue weighted by molar-refractivity contribution is 0.321. The Bertz CT molecular complexity index is 659. The molecule has 2 aromatic heterocycles. The van der Waals surface area contributed by atoms with Gasteiger partial charge in [0.2, 0.25) is 0 Å². The van der Waals surface area contributed by atoms with Gasteiger partial charge in [-0.2, -0.15) is 0 Å². The van der Waals surface area contributed by atoms with E-state index in [4.69, 9.17) is 9.94 Å². The van der Waals surface area contributed by atoms with E-state index in [9.17, 15) is 4.21 Å². The summed E-state index contributed by atoms with van der Waals surface area (Å²) in [6.45, 7) is 0. The summed E-state index contributed by atoms with van der Waals surface area (Å²) in [5.41, 5.74) is 1.48. The molecule has 1 N–H and O–H groups in total. The summed E-state index contributed by atoms with van der Waals surface area (Å²) >= 11 is 0. The molecule has 0 aliphatic rings. The molecule has 0 amide bonds. The molecule has 2 heterocycles. The molecule has 0 bridgehead atoms. The van der Waals surface area contributed by atoms with Gasteiger partial charge in [0.05, 0.1) is 35.5 Å². The van der Waals surface area contributed by atoms with Gasteiger partial charge in [0.25, 0.3) is 0 Å². The summed E-state index contributed by atoms with van der Waals surface area (Å²) in [6.07, 6.45) is 4.29. The van der Waals surface area contributed by atoms with Crippen LogP contribution in [0, 0.1) is 0 Å². The number of hydrogen-bond donors (Lipinski definition) is 1. The molecule has 0 radical (unpaired) electrons. The van der Waals surface area contributed by atoms with E-state index in [0.29, 0.717) is 22.0 Å². The van der Waals surface area contributed by atoms with Gasteiger partial charge in [0.1, 0.15) is 16.3 Å². The highest BCUT2D eigenvalue weighted by Crippen LogP contribution is 2.28. The van der Waals surface area contributed by atoms with E-state index in [1.807, 2.05) is 6.07 Å². The van der Waals surface area contributed by atoms with E-state index >= 15 is 0 Å². The second-order valence-electron chi connectivity index (χ2n) is 3.84. The Kier molecular flexibility index (Phi) is 4.41. The SMILES string of the molecule is COc1cc(-c2ccccn2)nc(/C=N/O)c1[S@](C)=O. The molecule has 2 aromatic rings. The van der Waals surface area contributed by atoms with Crippen molar-refractivity contribution in [1.82, 2.24) is 9.97 Å². The molecule has 0 aromatic carbocycles. The molecule has 7 heteroatoms. The maximum atomic E-state index is 11.8. The molecule has 1 atom stereocenters. The minimum Gasteiger partial charge on any atom is -0.495 e. The second-order valence-corrected chi connectivity index (χ2v) is 5.15. The Hall–Kier alpha value is -2.28. The summed E-state index contributed by atoms with van der Waals surface area (Å²) in [5.74, 6) is 0.413. The molecule has 2 rings (SSSR count). The zero-order valence-electron chi connectivity index (χ0n) is 11.0.